The second-order valence-corrected chi connectivity index (χ2v) is 18.3. The van der Waals surface area contributed by atoms with Gasteiger partial charge in [-0.3, -0.25) is 19.2 Å². The molecule has 56 heavy (non-hydrogen) atoms. The minimum atomic E-state index is -4.83. The van der Waals surface area contributed by atoms with Gasteiger partial charge < -0.3 is 9.11 Å². The Kier molecular flexibility index (Phi) is 14.8. The molecule has 0 spiro atoms. The number of nitrogens with one attached hydrogen (secondary N) is 2. The minimum absolute atomic E-state index is 0. The van der Waals surface area contributed by atoms with E-state index < -0.39 is 50.1 Å². The molecule has 0 aliphatic rings. The van der Waals surface area contributed by atoms with E-state index in [0.717, 1.165) is 33.6 Å². The molecular weight excluding hydrogens is 859 g/mol. The van der Waals surface area contributed by atoms with E-state index in [2.05, 4.69) is 10.1 Å². The summed E-state index contributed by atoms with van der Waals surface area (Å²) in [5, 5.41) is 3.37. The molecule has 0 bridgehead atoms. The average Bonchev–Trinajstić information content (AvgIpc) is 3.12. The smallest absolute Gasteiger partial charge is 0.744 e. The Morgan fingerprint density at radius 3 is 1.86 bits per heavy atom. The second-order valence-electron chi connectivity index (χ2n) is 11.9. The zero-order valence-electron chi connectivity index (χ0n) is 30.1. The number of anilines is 4. The maximum Gasteiger partial charge on any atom is 1.00 e. The van der Waals surface area contributed by atoms with Gasteiger partial charge in [0.1, 0.15) is 20.2 Å². The van der Waals surface area contributed by atoms with Gasteiger partial charge in [0.2, 0.25) is 6.41 Å². The Morgan fingerprint density at radius 1 is 0.589 bits per heavy atom. The number of carbonyl (C=O) groups excluding carboxylic acids is 1. The van der Waals surface area contributed by atoms with Gasteiger partial charge in [-0.2, -0.15) is 0 Å². The fourth-order valence-electron chi connectivity index (χ4n) is 5.68. The van der Waals surface area contributed by atoms with E-state index >= 15 is 0 Å². The van der Waals surface area contributed by atoms with Crippen molar-refractivity contribution in [3.05, 3.63) is 121 Å². The summed E-state index contributed by atoms with van der Waals surface area (Å²) in [6.45, 7) is 1.56. The van der Waals surface area contributed by atoms with Gasteiger partial charge in [-0.1, -0.05) is 36.4 Å². The predicted molar refractivity (Wildman–Crippen MR) is 200 cm³/mol. The summed E-state index contributed by atoms with van der Waals surface area (Å²) in [5.74, 6) is 0. The van der Waals surface area contributed by atoms with Crippen molar-refractivity contribution in [2.45, 2.75) is 26.5 Å². The average molecular weight is 887 g/mol. The number of hydrogen-bond donors (Lipinski definition) is 2. The van der Waals surface area contributed by atoms with Crippen LogP contribution in [0.4, 0.5) is 22.7 Å². The maximum atomic E-state index is 13.5. The number of fused-ring (bicyclic) bond motifs is 2. The van der Waals surface area contributed by atoms with Crippen LogP contribution in [-0.2, 0) is 45.1 Å². The summed E-state index contributed by atoms with van der Waals surface area (Å²) in [6, 6.07) is 26.3. The van der Waals surface area contributed by atoms with Crippen LogP contribution in [0, 0.1) is 6.92 Å². The summed E-state index contributed by atoms with van der Waals surface area (Å²) in [4.78, 5) is 10.9. The zero-order valence-corrected chi connectivity index (χ0v) is 39.6. The molecule has 21 heteroatoms. The quantitative estimate of drug-likeness (QED) is 0.0635. The number of nitrogens with zero attached hydrogens (tertiary/aromatic N) is 2. The first-order valence-electron chi connectivity index (χ1n) is 15.5. The molecule has 6 aromatic rings. The van der Waals surface area contributed by atoms with E-state index in [1.165, 1.54) is 49.5 Å². The van der Waals surface area contributed by atoms with E-state index in [0.29, 0.717) is 44.9 Å². The number of benzene rings is 6. The van der Waals surface area contributed by atoms with Crippen LogP contribution in [0.15, 0.2) is 135 Å². The molecule has 6 rings (SSSR count). The van der Waals surface area contributed by atoms with Crippen LogP contribution in [0.3, 0.4) is 0 Å². The largest absolute Gasteiger partial charge is 1.00 e. The second kappa shape index (κ2) is 17.9. The molecule has 0 aliphatic carbocycles. The fourth-order valence-corrected chi connectivity index (χ4v) is 9.24. The Balaban J connectivity index is 0.00000348. The first-order chi connectivity index (χ1) is 25.3. The Bertz CT molecular complexity index is 2950. The summed E-state index contributed by atoms with van der Waals surface area (Å²) in [7, 11) is -16.9. The van der Waals surface area contributed by atoms with E-state index in [4.69, 9.17) is 0 Å². The molecule has 0 heterocycles. The number of aryl methyl sites for hydroxylation is 1. The summed E-state index contributed by atoms with van der Waals surface area (Å²) in [6.07, 6.45) is 0.492. The molecule has 0 aromatic heterocycles. The van der Waals surface area contributed by atoms with Gasteiger partial charge >= 0.3 is 103 Å². The Morgan fingerprint density at radius 2 is 1.20 bits per heavy atom. The molecule has 0 saturated carbocycles. The van der Waals surface area contributed by atoms with E-state index in [1.54, 1.807) is 55.5 Å². The number of hydrazine groups is 1. The van der Waals surface area contributed by atoms with Crippen LogP contribution >= 0.6 is 0 Å². The first-order valence-corrected chi connectivity index (χ1v) is 21.2. The molecule has 280 valence electrons. The third-order valence-corrected chi connectivity index (χ3v) is 13.4. The Labute approximate surface area is 408 Å². The SMILES string of the molecule is Cc1c(S(=O)(=O)Nc2cccc(S(=O)(=O)[O-])c2)ccc2ccc(N(C=O)Nc3ccc4ccc(S(=O)(=O)N(C)c5cccc(S(=O)(=O)[O-])c5)cc4c3)cc12.[K+].[K+]. The Hall–Kier alpha value is -2.30. The first kappa shape index (κ1) is 46.4. The molecule has 0 unspecified atom stereocenters. The van der Waals surface area contributed by atoms with E-state index in [9.17, 15) is 47.6 Å². The van der Waals surface area contributed by atoms with Crippen LogP contribution < -0.4 is 122 Å². The summed E-state index contributed by atoms with van der Waals surface area (Å²) < 4.78 is 126. The topological polar surface area (TPSA) is 230 Å². The van der Waals surface area contributed by atoms with Crippen molar-refractivity contribution in [2.24, 2.45) is 0 Å². The van der Waals surface area contributed by atoms with Crippen LogP contribution in [0.1, 0.15) is 5.56 Å². The molecule has 0 atom stereocenters. The van der Waals surface area contributed by atoms with Gasteiger partial charge in [0.25, 0.3) is 20.0 Å². The van der Waals surface area contributed by atoms with Crippen LogP contribution in [-0.4, -0.2) is 56.2 Å². The van der Waals surface area contributed by atoms with Crippen molar-refractivity contribution in [1.29, 1.82) is 0 Å². The molecule has 0 radical (unpaired) electrons. The molecule has 0 fully saturated rings. The van der Waals surface area contributed by atoms with Crippen molar-refractivity contribution in [2.75, 3.05) is 26.5 Å². The molecule has 15 nitrogen and oxygen atoms in total. The number of sulfonamides is 2. The fraction of sp³-hybridized carbons (Fsp3) is 0.0571. The van der Waals surface area contributed by atoms with Gasteiger partial charge in [0, 0.05) is 7.05 Å². The number of rotatable bonds is 12. The van der Waals surface area contributed by atoms with E-state index in [1.807, 2.05) is 0 Å². The van der Waals surface area contributed by atoms with Crippen molar-refractivity contribution in [3.63, 3.8) is 0 Å². The van der Waals surface area contributed by atoms with Crippen LogP contribution in [0.25, 0.3) is 21.5 Å². The van der Waals surface area contributed by atoms with Crippen LogP contribution in [0.5, 0.6) is 0 Å². The van der Waals surface area contributed by atoms with Crippen LogP contribution in [0.2, 0.25) is 0 Å². The maximum absolute atomic E-state index is 13.5. The third kappa shape index (κ3) is 10.1. The van der Waals surface area contributed by atoms with Crippen molar-refractivity contribution >= 4 is 91.0 Å². The normalized spacial score (nSPS) is 11.9. The molecular formula is C35H28K2N4O11S4. The van der Waals surface area contributed by atoms with Gasteiger partial charge in [-0.15, -0.1) is 0 Å². The molecule has 0 aliphatic heterocycles. The van der Waals surface area contributed by atoms with Crippen molar-refractivity contribution in [3.8, 4) is 0 Å². The predicted octanol–water partition coefficient (Wildman–Crippen LogP) is -1.27. The minimum Gasteiger partial charge on any atom is -0.744 e. The van der Waals surface area contributed by atoms with Gasteiger partial charge in [-0.25, -0.2) is 38.7 Å². The standard InChI is InChI=1S/C35H30N4O11S4.2K/c1-23-34-21-30(14-10-25(34)12-16-35(23)51(41,42)37-28-5-3-7-32(19-28)53(45,46)47)39(22-40)36-27-13-9-24-11-15-31(18-26(24)17-27)52(43,44)38(2)29-6-4-8-33(20-29)54(48,49)50;;/h3-22,36-37H,1-2H3,(H,45,46,47)(H,48,49,50);;/q;2*+1/p-2. The summed E-state index contributed by atoms with van der Waals surface area (Å²) in [5.41, 5.74) is 3.79. The number of carbonyl (C=O) groups is 1. The van der Waals surface area contributed by atoms with Gasteiger partial charge in [0.15, 0.2) is 0 Å². The molecule has 0 saturated heterocycles. The van der Waals surface area contributed by atoms with Crippen molar-refractivity contribution < 1.29 is 150 Å². The van der Waals surface area contributed by atoms with E-state index in [-0.39, 0.29) is 124 Å². The molecule has 1 amide bonds. The van der Waals surface area contributed by atoms with Gasteiger partial charge in [-0.05, 0) is 113 Å². The van der Waals surface area contributed by atoms with Crippen molar-refractivity contribution in [1.82, 2.24) is 0 Å². The molecule has 2 N–H and O–H groups in total. The van der Waals surface area contributed by atoms with Gasteiger partial charge in [0.05, 0.1) is 42.3 Å². The number of amides is 1. The third-order valence-electron chi connectivity index (χ3n) is 8.46. The monoisotopic (exact) mass is 886 g/mol. The summed E-state index contributed by atoms with van der Waals surface area (Å²) >= 11 is 0. The zero-order chi connectivity index (χ0) is 39.2. The molecule has 6 aromatic carbocycles. The number of hydrogen-bond acceptors (Lipinski definition) is 12.